The minimum Gasteiger partial charge on any atom is -0.464 e. The number of nitrogens with zero attached hydrogens (tertiary/aromatic N) is 2. The maximum Gasteiger partial charge on any atom is 0.359 e. The summed E-state index contributed by atoms with van der Waals surface area (Å²) in [4.78, 5) is 23.2. The number of esters is 2. The van der Waals surface area contributed by atoms with E-state index in [1.807, 2.05) is 0 Å². The molecule has 0 spiro atoms. The van der Waals surface area contributed by atoms with Gasteiger partial charge in [0.25, 0.3) is 0 Å². The van der Waals surface area contributed by atoms with E-state index < -0.39 is 24.1 Å². The maximum absolute atomic E-state index is 11.6. The van der Waals surface area contributed by atoms with Crippen LogP contribution in [0.15, 0.2) is 6.08 Å². The van der Waals surface area contributed by atoms with Gasteiger partial charge in [0.05, 0.1) is 14.2 Å². The fourth-order valence-corrected chi connectivity index (χ4v) is 1.90. The Morgan fingerprint density at radius 3 is 2.25 bits per heavy atom. The van der Waals surface area contributed by atoms with Gasteiger partial charge < -0.3 is 19.7 Å². The van der Waals surface area contributed by atoms with Gasteiger partial charge in [-0.25, -0.2) is 9.59 Å². The van der Waals surface area contributed by atoms with Crippen molar-refractivity contribution in [3.8, 4) is 0 Å². The number of hydrogen-bond acceptors (Lipinski definition) is 8. The Bertz CT molecular complexity index is 598. The lowest BCUT2D eigenvalue weighted by Crippen LogP contribution is -2.26. The van der Waals surface area contributed by atoms with Crippen LogP contribution in [0.1, 0.15) is 38.2 Å². The predicted octanol–water partition coefficient (Wildman–Crippen LogP) is -0.529. The molecule has 0 radical (unpaired) electrons. The highest BCUT2D eigenvalue weighted by Gasteiger charge is 2.33. The van der Waals surface area contributed by atoms with Crippen molar-refractivity contribution in [1.29, 1.82) is 0 Å². The summed E-state index contributed by atoms with van der Waals surface area (Å²) in [6, 6.07) is 0. The van der Waals surface area contributed by atoms with Crippen LogP contribution in [0, 0.1) is 0 Å². The molecule has 0 amide bonds. The first-order valence-electron chi connectivity index (χ1n) is 5.62. The van der Waals surface area contributed by atoms with Crippen LogP contribution < -0.4 is 0 Å². The molecule has 0 aromatic carbocycles. The first-order chi connectivity index (χ1) is 9.51. The highest BCUT2D eigenvalue weighted by atomic mass is 16.5. The number of carbonyl (C=O) groups is 2. The fourth-order valence-electron chi connectivity index (χ4n) is 1.90. The summed E-state index contributed by atoms with van der Waals surface area (Å²) in [6.45, 7) is 0. The van der Waals surface area contributed by atoms with Crippen LogP contribution >= 0.6 is 0 Å². The highest BCUT2D eigenvalue weighted by molar-refractivity contribution is 5.96. The van der Waals surface area contributed by atoms with Gasteiger partial charge in [0.15, 0.2) is 11.4 Å². The van der Waals surface area contributed by atoms with Gasteiger partial charge in [0.2, 0.25) is 0 Å². The van der Waals surface area contributed by atoms with Crippen molar-refractivity contribution in [1.82, 2.24) is 10.2 Å². The smallest absolute Gasteiger partial charge is 0.359 e. The summed E-state index contributed by atoms with van der Waals surface area (Å²) >= 11 is 0. The molecule has 1 aliphatic rings. The lowest BCUT2D eigenvalue weighted by atomic mass is 9.91. The molecule has 2 rings (SSSR count). The molecule has 0 unspecified atom stereocenters. The van der Waals surface area contributed by atoms with Crippen molar-refractivity contribution in [2.45, 2.75) is 12.2 Å². The lowest BCUT2D eigenvalue weighted by molar-refractivity contribution is 0.0417. The number of fused-ring (bicyclic) bond motifs is 1. The summed E-state index contributed by atoms with van der Waals surface area (Å²) in [6.07, 6.45) is 0.0195. The zero-order valence-electron chi connectivity index (χ0n) is 10.7. The van der Waals surface area contributed by atoms with Crippen molar-refractivity contribution in [2.75, 3.05) is 14.2 Å². The van der Waals surface area contributed by atoms with Crippen molar-refractivity contribution < 1.29 is 29.3 Å². The Labute approximate surface area is 113 Å². The topological polar surface area (TPSA) is 119 Å². The van der Waals surface area contributed by atoms with E-state index in [0.29, 0.717) is 0 Å². The first kappa shape index (κ1) is 14.1. The standard InChI is InChI=1S/C12H12N2O6/c1-19-11(17)8-5-3-4-6(15)10(16)7(5)9(14-13-8)12(18)20-2/h3-4,6,10,15-16H,1-2H3/t6-,10-/m1/s1. The van der Waals surface area contributed by atoms with Crippen molar-refractivity contribution in [3.05, 3.63) is 28.6 Å². The third-order valence-corrected chi connectivity index (χ3v) is 2.89. The molecule has 8 heteroatoms. The molecular weight excluding hydrogens is 268 g/mol. The summed E-state index contributed by atoms with van der Waals surface area (Å²) < 4.78 is 9.09. The first-order valence-corrected chi connectivity index (χ1v) is 5.62. The van der Waals surface area contributed by atoms with Crippen LogP contribution in [0.5, 0.6) is 0 Å². The van der Waals surface area contributed by atoms with Gasteiger partial charge in [-0.2, -0.15) is 0 Å². The number of carbonyl (C=O) groups excluding carboxylic acids is 2. The van der Waals surface area contributed by atoms with E-state index in [1.165, 1.54) is 19.3 Å². The van der Waals surface area contributed by atoms with E-state index in [4.69, 9.17) is 0 Å². The third kappa shape index (κ3) is 2.15. The zero-order chi connectivity index (χ0) is 14.9. The molecule has 1 aromatic heterocycles. The lowest BCUT2D eigenvalue weighted by Gasteiger charge is -2.23. The van der Waals surface area contributed by atoms with Gasteiger partial charge in [-0.05, 0) is 0 Å². The summed E-state index contributed by atoms with van der Waals surface area (Å²) in [5.41, 5.74) is -0.254. The summed E-state index contributed by atoms with van der Waals surface area (Å²) in [5.74, 6) is -1.59. The molecule has 0 bridgehead atoms. The number of rotatable bonds is 2. The molecular formula is C12H12N2O6. The molecule has 106 valence electrons. The van der Waals surface area contributed by atoms with Gasteiger partial charge in [-0.1, -0.05) is 12.2 Å². The van der Waals surface area contributed by atoms with E-state index >= 15 is 0 Å². The molecule has 8 nitrogen and oxygen atoms in total. The zero-order valence-corrected chi connectivity index (χ0v) is 10.7. The Balaban J connectivity index is 2.70. The largest absolute Gasteiger partial charge is 0.464 e. The maximum atomic E-state index is 11.6. The Morgan fingerprint density at radius 2 is 1.65 bits per heavy atom. The SMILES string of the molecule is COC(=O)c1nnc(C(=O)OC)c2c1C=C[C@@H](O)[C@H]2O. The number of aliphatic hydroxyl groups is 2. The van der Waals surface area contributed by atoms with E-state index in [0.717, 1.165) is 7.11 Å². The van der Waals surface area contributed by atoms with Crippen LogP contribution in [-0.2, 0) is 9.47 Å². The monoisotopic (exact) mass is 280 g/mol. The number of hydrogen-bond donors (Lipinski definition) is 2. The second-order valence-electron chi connectivity index (χ2n) is 4.00. The van der Waals surface area contributed by atoms with Crippen molar-refractivity contribution in [2.24, 2.45) is 0 Å². The Morgan fingerprint density at radius 1 is 1.10 bits per heavy atom. The number of methoxy groups -OCH3 is 2. The van der Waals surface area contributed by atoms with Crippen LogP contribution in [-0.4, -0.2) is 52.7 Å². The molecule has 1 aromatic rings. The highest BCUT2D eigenvalue weighted by Crippen LogP contribution is 2.32. The minimum absolute atomic E-state index is 0.0118. The number of aliphatic hydroxyl groups excluding tert-OH is 2. The van der Waals surface area contributed by atoms with Crippen LogP contribution in [0.4, 0.5) is 0 Å². The van der Waals surface area contributed by atoms with E-state index in [2.05, 4.69) is 19.7 Å². The molecule has 20 heavy (non-hydrogen) atoms. The predicted molar refractivity (Wildman–Crippen MR) is 64.7 cm³/mol. The molecule has 0 aliphatic heterocycles. The second kappa shape index (κ2) is 5.35. The summed E-state index contributed by atoms with van der Waals surface area (Å²) in [5, 5.41) is 26.9. The van der Waals surface area contributed by atoms with Gasteiger partial charge in [-0.15, -0.1) is 10.2 Å². The van der Waals surface area contributed by atoms with E-state index in [1.54, 1.807) is 0 Å². The van der Waals surface area contributed by atoms with Crippen molar-refractivity contribution >= 4 is 18.0 Å². The molecule has 0 saturated heterocycles. The van der Waals surface area contributed by atoms with E-state index in [9.17, 15) is 19.8 Å². The summed E-state index contributed by atoms with van der Waals surface area (Å²) in [7, 11) is 2.31. The average Bonchev–Trinajstić information content (AvgIpc) is 2.48. The van der Waals surface area contributed by atoms with Gasteiger partial charge in [0, 0.05) is 11.1 Å². The molecule has 1 heterocycles. The van der Waals surface area contributed by atoms with Gasteiger partial charge in [0.1, 0.15) is 12.2 Å². The third-order valence-electron chi connectivity index (χ3n) is 2.89. The van der Waals surface area contributed by atoms with Gasteiger partial charge >= 0.3 is 11.9 Å². The number of aromatic nitrogens is 2. The van der Waals surface area contributed by atoms with Crippen molar-refractivity contribution in [3.63, 3.8) is 0 Å². The normalized spacial score (nSPS) is 20.2. The molecule has 2 atom stereocenters. The molecule has 1 aliphatic carbocycles. The molecule has 0 saturated carbocycles. The Kier molecular flexibility index (Phi) is 3.77. The van der Waals surface area contributed by atoms with Gasteiger partial charge in [-0.3, -0.25) is 0 Å². The quantitative estimate of drug-likeness (QED) is 0.694. The van der Waals surface area contributed by atoms with Crippen LogP contribution in [0.25, 0.3) is 6.08 Å². The van der Waals surface area contributed by atoms with Crippen LogP contribution in [0.3, 0.4) is 0 Å². The number of ether oxygens (including phenoxy) is 2. The molecule has 0 fully saturated rings. The molecule has 2 N–H and O–H groups in total. The fraction of sp³-hybridized carbons (Fsp3) is 0.333. The van der Waals surface area contributed by atoms with Crippen LogP contribution in [0.2, 0.25) is 0 Å². The average molecular weight is 280 g/mol. The minimum atomic E-state index is -1.41. The van der Waals surface area contributed by atoms with E-state index in [-0.39, 0.29) is 22.5 Å². The second-order valence-corrected chi connectivity index (χ2v) is 4.00. The Hall–Kier alpha value is -2.32.